The van der Waals surface area contributed by atoms with E-state index >= 15 is 0 Å². The van der Waals surface area contributed by atoms with Crippen molar-refractivity contribution in [2.75, 3.05) is 11.9 Å². The third kappa shape index (κ3) is 5.00. The Morgan fingerprint density at radius 2 is 1.97 bits per heavy atom. The summed E-state index contributed by atoms with van der Waals surface area (Å²) in [5, 5.41) is 17.0. The second-order valence-corrected chi connectivity index (χ2v) is 6.88. The van der Waals surface area contributed by atoms with Crippen LogP contribution in [0, 0.1) is 18.3 Å². The minimum atomic E-state index is -0.646. The molecule has 0 bridgehead atoms. The van der Waals surface area contributed by atoms with Crippen LogP contribution in [0.1, 0.15) is 28.5 Å². The zero-order valence-electron chi connectivity index (χ0n) is 16.9. The summed E-state index contributed by atoms with van der Waals surface area (Å²) < 4.78 is 6.57. The number of esters is 1. The van der Waals surface area contributed by atoms with E-state index in [1.165, 1.54) is 10.8 Å². The topological polar surface area (TPSA) is 97.0 Å². The van der Waals surface area contributed by atoms with Crippen LogP contribution in [-0.2, 0) is 9.53 Å². The van der Waals surface area contributed by atoms with E-state index < -0.39 is 11.9 Å². The molecule has 0 aliphatic heterocycles. The quantitative estimate of drug-likeness (QED) is 0.348. The number of benzene rings is 2. The number of ether oxygens (including phenoxy) is 1. The SMILES string of the molecule is CCOC(=O)c1nn(-c2ccccc2)cc1/C=C(/C#N)C(=O)Nc1cccc(Cl)c1C. The number of hydrogen-bond donors (Lipinski definition) is 1. The number of aromatic nitrogens is 2. The molecule has 0 atom stereocenters. The van der Waals surface area contributed by atoms with Crippen molar-refractivity contribution in [2.45, 2.75) is 13.8 Å². The Kier molecular flexibility index (Phi) is 6.85. The summed E-state index contributed by atoms with van der Waals surface area (Å²) >= 11 is 6.09. The van der Waals surface area contributed by atoms with Crippen molar-refractivity contribution in [3.63, 3.8) is 0 Å². The van der Waals surface area contributed by atoms with E-state index in [-0.39, 0.29) is 23.4 Å². The van der Waals surface area contributed by atoms with E-state index in [0.717, 1.165) is 0 Å². The molecular formula is C23H19ClN4O3. The largest absolute Gasteiger partial charge is 0.461 e. The highest BCUT2D eigenvalue weighted by molar-refractivity contribution is 6.31. The Labute approximate surface area is 184 Å². The van der Waals surface area contributed by atoms with Gasteiger partial charge in [-0.05, 0) is 49.8 Å². The molecule has 156 valence electrons. The lowest BCUT2D eigenvalue weighted by Gasteiger charge is -2.08. The van der Waals surface area contributed by atoms with Crippen LogP contribution in [0.5, 0.6) is 0 Å². The van der Waals surface area contributed by atoms with E-state index in [9.17, 15) is 14.9 Å². The fourth-order valence-corrected chi connectivity index (χ4v) is 2.98. The van der Waals surface area contributed by atoms with Crippen LogP contribution in [0.3, 0.4) is 0 Å². The number of halogens is 1. The summed E-state index contributed by atoms with van der Waals surface area (Å²) in [6, 6.07) is 16.1. The first-order chi connectivity index (χ1) is 14.9. The summed E-state index contributed by atoms with van der Waals surface area (Å²) in [6.45, 7) is 3.61. The number of amides is 1. The second kappa shape index (κ2) is 9.74. The summed E-state index contributed by atoms with van der Waals surface area (Å²) in [5.74, 6) is -1.28. The molecule has 8 heteroatoms. The zero-order chi connectivity index (χ0) is 22.4. The molecule has 1 heterocycles. The molecule has 0 fully saturated rings. The molecule has 3 aromatic rings. The molecule has 31 heavy (non-hydrogen) atoms. The molecule has 0 aliphatic carbocycles. The van der Waals surface area contributed by atoms with Crippen molar-refractivity contribution in [3.8, 4) is 11.8 Å². The first-order valence-electron chi connectivity index (χ1n) is 9.45. The van der Waals surface area contributed by atoms with Gasteiger partial charge in [0.2, 0.25) is 0 Å². The van der Waals surface area contributed by atoms with Gasteiger partial charge in [-0.2, -0.15) is 10.4 Å². The van der Waals surface area contributed by atoms with Crippen molar-refractivity contribution < 1.29 is 14.3 Å². The fourth-order valence-electron chi connectivity index (χ4n) is 2.80. The molecule has 0 aliphatic rings. The minimum Gasteiger partial charge on any atom is -0.461 e. The summed E-state index contributed by atoms with van der Waals surface area (Å²) in [6.07, 6.45) is 2.88. The first-order valence-corrected chi connectivity index (χ1v) is 9.82. The minimum absolute atomic E-state index is 0.00480. The molecule has 1 aromatic heterocycles. The molecule has 0 unspecified atom stereocenters. The van der Waals surface area contributed by atoms with Gasteiger partial charge in [-0.3, -0.25) is 4.79 Å². The molecule has 0 saturated heterocycles. The lowest BCUT2D eigenvalue weighted by atomic mass is 10.1. The predicted molar refractivity (Wildman–Crippen MR) is 118 cm³/mol. The van der Waals surface area contributed by atoms with E-state index in [2.05, 4.69) is 10.4 Å². The standard InChI is InChI=1S/C23H19ClN4O3/c1-3-31-23(30)21-17(14-28(27-21)18-8-5-4-6-9-18)12-16(13-25)22(29)26-20-11-7-10-19(24)15(20)2/h4-12,14H,3H2,1-2H3,(H,26,29)/b16-12-. The van der Waals surface area contributed by atoms with Crippen LogP contribution in [-0.4, -0.2) is 28.3 Å². The van der Waals surface area contributed by atoms with Crippen molar-refractivity contribution in [2.24, 2.45) is 0 Å². The summed E-state index contributed by atoms with van der Waals surface area (Å²) in [5.41, 5.74) is 1.98. The number of rotatable bonds is 6. The van der Waals surface area contributed by atoms with Gasteiger partial charge in [0.15, 0.2) is 5.69 Å². The van der Waals surface area contributed by atoms with Gasteiger partial charge in [-0.25, -0.2) is 9.48 Å². The van der Waals surface area contributed by atoms with E-state index in [0.29, 0.717) is 22.0 Å². The maximum Gasteiger partial charge on any atom is 0.359 e. The van der Waals surface area contributed by atoms with Crippen molar-refractivity contribution in [1.82, 2.24) is 9.78 Å². The van der Waals surface area contributed by atoms with Crippen LogP contribution in [0.15, 0.2) is 60.3 Å². The lowest BCUT2D eigenvalue weighted by molar-refractivity contribution is -0.112. The Morgan fingerprint density at radius 1 is 1.23 bits per heavy atom. The highest BCUT2D eigenvalue weighted by atomic mass is 35.5. The Bertz CT molecular complexity index is 1190. The molecule has 3 rings (SSSR count). The first kappa shape index (κ1) is 21.8. The van der Waals surface area contributed by atoms with Crippen LogP contribution in [0.25, 0.3) is 11.8 Å². The number of anilines is 1. The van der Waals surface area contributed by atoms with Gasteiger partial charge < -0.3 is 10.1 Å². The third-order valence-electron chi connectivity index (χ3n) is 4.41. The molecule has 0 radical (unpaired) electrons. The van der Waals surface area contributed by atoms with Crippen LogP contribution in [0.2, 0.25) is 5.02 Å². The van der Waals surface area contributed by atoms with Gasteiger partial charge in [0.25, 0.3) is 5.91 Å². The van der Waals surface area contributed by atoms with Gasteiger partial charge >= 0.3 is 5.97 Å². The van der Waals surface area contributed by atoms with Crippen molar-refractivity contribution >= 4 is 35.2 Å². The fraction of sp³-hybridized carbons (Fsp3) is 0.130. The third-order valence-corrected chi connectivity index (χ3v) is 4.82. The number of nitrogens with zero attached hydrogens (tertiary/aromatic N) is 3. The smallest absolute Gasteiger partial charge is 0.359 e. The number of carbonyl (C=O) groups excluding carboxylic acids is 2. The molecule has 2 aromatic carbocycles. The molecule has 7 nitrogen and oxygen atoms in total. The van der Waals surface area contributed by atoms with Gasteiger partial charge in [-0.15, -0.1) is 0 Å². The van der Waals surface area contributed by atoms with E-state index in [1.807, 2.05) is 36.4 Å². The zero-order valence-corrected chi connectivity index (χ0v) is 17.7. The predicted octanol–water partition coefficient (Wildman–Crippen LogP) is 4.56. The Morgan fingerprint density at radius 3 is 2.65 bits per heavy atom. The summed E-state index contributed by atoms with van der Waals surface area (Å²) in [4.78, 5) is 25.1. The second-order valence-electron chi connectivity index (χ2n) is 6.47. The highest BCUT2D eigenvalue weighted by Gasteiger charge is 2.20. The van der Waals surface area contributed by atoms with Gasteiger partial charge in [0.05, 0.1) is 12.3 Å². The Balaban J connectivity index is 1.99. The maximum absolute atomic E-state index is 12.7. The normalized spacial score (nSPS) is 11.0. The monoisotopic (exact) mass is 434 g/mol. The van der Waals surface area contributed by atoms with E-state index in [4.69, 9.17) is 16.3 Å². The van der Waals surface area contributed by atoms with Gasteiger partial charge in [0, 0.05) is 22.5 Å². The molecule has 0 spiro atoms. The number of para-hydroxylation sites is 1. The average molecular weight is 435 g/mol. The van der Waals surface area contributed by atoms with Crippen molar-refractivity contribution in [3.05, 3.63) is 82.1 Å². The molecule has 1 N–H and O–H groups in total. The number of nitriles is 1. The van der Waals surface area contributed by atoms with Gasteiger partial charge in [-0.1, -0.05) is 35.9 Å². The molecule has 1 amide bonds. The Hall–Kier alpha value is -3.89. The summed E-state index contributed by atoms with van der Waals surface area (Å²) in [7, 11) is 0. The number of nitrogens with one attached hydrogen (secondary N) is 1. The van der Waals surface area contributed by atoms with Crippen LogP contribution < -0.4 is 5.32 Å². The lowest BCUT2D eigenvalue weighted by Crippen LogP contribution is -2.14. The highest BCUT2D eigenvalue weighted by Crippen LogP contribution is 2.24. The van der Waals surface area contributed by atoms with Crippen LogP contribution >= 0.6 is 11.6 Å². The van der Waals surface area contributed by atoms with Crippen molar-refractivity contribution in [1.29, 1.82) is 5.26 Å². The van der Waals surface area contributed by atoms with E-state index in [1.54, 1.807) is 38.2 Å². The van der Waals surface area contributed by atoms with Gasteiger partial charge in [0.1, 0.15) is 11.6 Å². The molecule has 0 saturated carbocycles. The van der Waals surface area contributed by atoms with Crippen LogP contribution in [0.4, 0.5) is 5.69 Å². The average Bonchev–Trinajstić information content (AvgIpc) is 3.20. The maximum atomic E-state index is 12.7. The number of hydrogen-bond acceptors (Lipinski definition) is 5. The number of carbonyl (C=O) groups is 2. The molecular weight excluding hydrogens is 416 g/mol.